The number of benzene rings is 1. The Kier molecular flexibility index (Phi) is 3.23. The van der Waals surface area contributed by atoms with Crippen molar-refractivity contribution in [3.63, 3.8) is 0 Å². The van der Waals surface area contributed by atoms with Crippen molar-refractivity contribution in [2.45, 2.75) is 6.04 Å². The van der Waals surface area contributed by atoms with E-state index < -0.39 is 29.1 Å². The maximum absolute atomic E-state index is 13.2. The average molecular weight is 214 g/mol. The Morgan fingerprint density at radius 1 is 1.53 bits per heavy atom. The molecule has 0 aromatic heterocycles. The molecule has 0 aliphatic rings. The number of halogens is 1. The molecule has 0 aliphatic carbocycles. The fourth-order valence-corrected chi connectivity index (χ4v) is 1.23. The van der Waals surface area contributed by atoms with E-state index in [2.05, 4.69) is 0 Å². The van der Waals surface area contributed by atoms with Crippen molar-refractivity contribution >= 4 is 5.97 Å². The van der Waals surface area contributed by atoms with Gasteiger partial charge in [0.25, 0.3) is 0 Å². The molecule has 0 bridgehead atoms. The van der Waals surface area contributed by atoms with E-state index in [9.17, 15) is 14.3 Å². The van der Waals surface area contributed by atoms with Gasteiger partial charge in [0.1, 0.15) is 17.1 Å². The molecular formula is C9H11FN2O3. The zero-order valence-corrected chi connectivity index (χ0v) is 7.77. The number of aromatic carboxylic acids is 1. The van der Waals surface area contributed by atoms with Gasteiger partial charge in [-0.15, -0.1) is 0 Å². The molecule has 0 unspecified atom stereocenters. The molecule has 1 aromatic rings. The predicted octanol–water partition coefficient (Wildman–Crippen LogP) is 0.188. The number of carboxylic acids is 1. The molecule has 0 radical (unpaired) electrons. The number of carbonyl (C=O) groups is 1. The molecule has 0 amide bonds. The number of phenols is 1. The van der Waals surface area contributed by atoms with Gasteiger partial charge in [-0.1, -0.05) is 0 Å². The van der Waals surface area contributed by atoms with E-state index in [1.807, 2.05) is 0 Å². The average Bonchev–Trinajstić information content (AvgIpc) is 2.16. The third-order valence-corrected chi connectivity index (χ3v) is 2.02. The number of rotatable bonds is 3. The summed E-state index contributed by atoms with van der Waals surface area (Å²) in [6, 6.07) is 0.984. The molecule has 0 aliphatic heterocycles. The molecule has 82 valence electrons. The van der Waals surface area contributed by atoms with Gasteiger partial charge in [0.15, 0.2) is 0 Å². The lowest BCUT2D eigenvalue weighted by Gasteiger charge is -2.13. The molecule has 0 saturated carbocycles. The van der Waals surface area contributed by atoms with Crippen molar-refractivity contribution < 1.29 is 19.4 Å². The first kappa shape index (κ1) is 11.4. The molecule has 0 saturated heterocycles. The Balaban J connectivity index is 3.36. The van der Waals surface area contributed by atoms with Crippen molar-refractivity contribution in [1.82, 2.24) is 0 Å². The molecule has 15 heavy (non-hydrogen) atoms. The molecule has 1 atom stereocenters. The van der Waals surface area contributed by atoms with Crippen LogP contribution in [-0.2, 0) is 0 Å². The van der Waals surface area contributed by atoms with Gasteiger partial charge in [-0.3, -0.25) is 0 Å². The molecule has 5 nitrogen and oxygen atoms in total. The van der Waals surface area contributed by atoms with Crippen LogP contribution in [0.2, 0.25) is 0 Å². The Morgan fingerprint density at radius 2 is 2.13 bits per heavy atom. The van der Waals surface area contributed by atoms with Gasteiger partial charge >= 0.3 is 5.97 Å². The quantitative estimate of drug-likeness (QED) is 0.574. The van der Waals surface area contributed by atoms with E-state index in [1.54, 1.807) is 0 Å². The van der Waals surface area contributed by atoms with Crippen molar-refractivity contribution in [2.24, 2.45) is 11.5 Å². The van der Waals surface area contributed by atoms with E-state index >= 15 is 0 Å². The highest BCUT2D eigenvalue weighted by Gasteiger charge is 2.20. The third-order valence-electron chi connectivity index (χ3n) is 2.02. The molecule has 1 aromatic carbocycles. The lowest BCUT2D eigenvalue weighted by Crippen LogP contribution is -2.22. The van der Waals surface area contributed by atoms with Crippen LogP contribution in [0.15, 0.2) is 12.1 Å². The van der Waals surface area contributed by atoms with Crippen LogP contribution in [0.4, 0.5) is 4.39 Å². The van der Waals surface area contributed by atoms with E-state index in [4.69, 9.17) is 16.6 Å². The summed E-state index contributed by atoms with van der Waals surface area (Å²) in [6.45, 7) is -0.0897. The lowest BCUT2D eigenvalue weighted by molar-refractivity contribution is 0.0693. The molecule has 6 heteroatoms. The zero-order chi connectivity index (χ0) is 11.6. The standard InChI is InChI=1S/C9H11FN2O3/c10-5-2-1-4(9(14)15)8(13)7(5)6(12)3-11/h1-2,6,13H,3,11-12H2,(H,14,15)/t6-/m1/s1. The predicted molar refractivity (Wildman–Crippen MR) is 51.0 cm³/mol. The third kappa shape index (κ3) is 2.05. The number of aromatic hydroxyl groups is 1. The van der Waals surface area contributed by atoms with Gasteiger partial charge in [-0.05, 0) is 12.1 Å². The summed E-state index contributed by atoms with van der Waals surface area (Å²) in [6.07, 6.45) is 0. The minimum absolute atomic E-state index is 0.0897. The largest absolute Gasteiger partial charge is 0.507 e. The molecule has 0 fully saturated rings. The fraction of sp³-hybridized carbons (Fsp3) is 0.222. The van der Waals surface area contributed by atoms with Gasteiger partial charge in [0.05, 0.1) is 0 Å². The smallest absolute Gasteiger partial charge is 0.339 e. The second-order valence-electron chi connectivity index (χ2n) is 3.00. The monoisotopic (exact) mass is 214 g/mol. The van der Waals surface area contributed by atoms with Gasteiger partial charge in [-0.2, -0.15) is 0 Å². The van der Waals surface area contributed by atoms with Crippen LogP contribution in [-0.4, -0.2) is 22.7 Å². The van der Waals surface area contributed by atoms with Crippen LogP contribution in [0.3, 0.4) is 0 Å². The zero-order valence-electron chi connectivity index (χ0n) is 7.77. The summed E-state index contributed by atoms with van der Waals surface area (Å²) in [4.78, 5) is 10.6. The number of nitrogens with two attached hydrogens (primary N) is 2. The van der Waals surface area contributed by atoms with Crippen LogP contribution in [0.5, 0.6) is 5.75 Å². The Hall–Kier alpha value is -1.66. The summed E-state index contributed by atoms with van der Waals surface area (Å²) in [5.41, 5.74) is 10.0. The maximum Gasteiger partial charge on any atom is 0.339 e. The maximum atomic E-state index is 13.2. The first-order valence-electron chi connectivity index (χ1n) is 4.19. The van der Waals surface area contributed by atoms with Gasteiger partial charge in [0, 0.05) is 18.2 Å². The van der Waals surface area contributed by atoms with E-state index in [0.29, 0.717) is 0 Å². The number of carboxylic acid groups (broad SMARTS) is 1. The van der Waals surface area contributed by atoms with Gasteiger partial charge in [-0.25, -0.2) is 9.18 Å². The van der Waals surface area contributed by atoms with Crippen molar-refractivity contribution in [1.29, 1.82) is 0 Å². The first-order valence-corrected chi connectivity index (χ1v) is 4.19. The van der Waals surface area contributed by atoms with Crippen molar-refractivity contribution in [3.8, 4) is 5.75 Å². The Bertz CT molecular complexity index is 395. The summed E-state index contributed by atoms with van der Waals surface area (Å²) >= 11 is 0. The number of hydrogen-bond donors (Lipinski definition) is 4. The van der Waals surface area contributed by atoms with Gasteiger partial charge < -0.3 is 21.7 Å². The highest BCUT2D eigenvalue weighted by atomic mass is 19.1. The van der Waals surface area contributed by atoms with Crippen LogP contribution >= 0.6 is 0 Å². The van der Waals surface area contributed by atoms with Crippen molar-refractivity contribution in [3.05, 3.63) is 29.1 Å². The van der Waals surface area contributed by atoms with Gasteiger partial charge in [0.2, 0.25) is 0 Å². The second-order valence-corrected chi connectivity index (χ2v) is 3.00. The first-order chi connectivity index (χ1) is 6.99. The molecule has 0 heterocycles. The van der Waals surface area contributed by atoms with Crippen LogP contribution < -0.4 is 11.5 Å². The Morgan fingerprint density at radius 3 is 2.60 bits per heavy atom. The van der Waals surface area contributed by atoms with Crippen LogP contribution in [0, 0.1) is 5.82 Å². The minimum atomic E-state index is -1.35. The SMILES string of the molecule is NC[C@@H](N)c1c(F)ccc(C(=O)O)c1O. The van der Waals surface area contributed by atoms with E-state index in [-0.39, 0.29) is 12.1 Å². The molecule has 6 N–H and O–H groups in total. The summed E-state index contributed by atoms with van der Waals surface area (Å²) in [7, 11) is 0. The normalized spacial score (nSPS) is 12.5. The summed E-state index contributed by atoms with van der Waals surface area (Å²) in [5.74, 6) is -2.78. The lowest BCUT2D eigenvalue weighted by atomic mass is 10.0. The Labute approximate surface area is 85.1 Å². The summed E-state index contributed by atoms with van der Waals surface area (Å²) < 4.78 is 13.2. The molecular weight excluding hydrogens is 203 g/mol. The second kappa shape index (κ2) is 4.24. The highest BCUT2D eigenvalue weighted by molar-refractivity contribution is 5.91. The van der Waals surface area contributed by atoms with Crippen LogP contribution in [0.25, 0.3) is 0 Å². The van der Waals surface area contributed by atoms with Crippen LogP contribution in [0.1, 0.15) is 22.0 Å². The minimum Gasteiger partial charge on any atom is -0.507 e. The van der Waals surface area contributed by atoms with E-state index in [0.717, 1.165) is 12.1 Å². The van der Waals surface area contributed by atoms with Crippen molar-refractivity contribution in [2.75, 3.05) is 6.54 Å². The topological polar surface area (TPSA) is 110 Å². The highest BCUT2D eigenvalue weighted by Crippen LogP contribution is 2.29. The molecule has 0 spiro atoms. The van der Waals surface area contributed by atoms with E-state index in [1.165, 1.54) is 0 Å². The summed E-state index contributed by atoms with van der Waals surface area (Å²) in [5, 5.41) is 18.2. The number of hydrogen-bond acceptors (Lipinski definition) is 4. The fourth-order valence-electron chi connectivity index (χ4n) is 1.23. The molecule has 1 rings (SSSR count).